The second kappa shape index (κ2) is 13.9. The molecule has 1 aliphatic rings. The minimum Gasteiger partial charge on any atom is -0.312 e. The van der Waals surface area contributed by atoms with Crippen LogP contribution in [0.4, 0.5) is 0 Å². The van der Waals surface area contributed by atoms with Crippen LogP contribution in [0.15, 0.2) is 182 Å². The zero-order chi connectivity index (χ0) is 37.8. The van der Waals surface area contributed by atoms with Crippen LogP contribution in [0.2, 0.25) is 0 Å². The Kier molecular flexibility index (Phi) is 8.53. The first-order chi connectivity index (χ1) is 27.4. The van der Waals surface area contributed by atoms with Crippen LogP contribution in [-0.4, -0.2) is 0 Å². The van der Waals surface area contributed by atoms with Crippen molar-refractivity contribution >= 4 is 48.4 Å². The van der Waals surface area contributed by atoms with Gasteiger partial charge in [0, 0.05) is 25.6 Å². The molecule has 0 saturated heterocycles. The first kappa shape index (κ1) is 34.4. The van der Waals surface area contributed by atoms with E-state index in [4.69, 9.17) is 5.73 Å². The molecule has 0 bridgehead atoms. The Labute approximate surface area is 332 Å². The summed E-state index contributed by atoms with van der Waals surface area (Å²) in [5.41, 5.74) is 20.5. The van der Waals surface area contributed by atoms with E-state index in [9.17, 15) is 0 Å². The van der Waals surface area contributed by atoms with Gasteiger partial charge in [-0.25, -0.2) is 0 Å². The van der Waals surface area contributed by atoms with Crippen LogP contribution in [0, 0.1) is 0 Å². The van der Waals surface area contributed by atoms with Gasteiger partial charge in [-0.05, 0) is 96.2 Å². The molecule has 270 valence electrons. The Morgan fingerprint density at radius 1 is 0.536 bits per heavy atom. The third kappa shape index (κ3) is 6.06. The van der Waals surface area contributed by atoms with E-state index < -0.39 is 0 Å². The maximum atomic E-state index is 6.78. The van der Waals surface area contributed by atoms with Crippen LogP contribution in [0.25, 0.3) is 70.4 Å². The van der Waals surface area contributed by atoms with Crippen molar-refractivity contribution < 1.29 is 0 Å². The van der Waals surface area contributed by atoms with Gasteiger partial charge >= 0.3 is 0 Å². The van der Waals surface area contributed by atoms with Gasteiger partial charge in [-0.15, -0.1) is 11.3 Å². The van der Waals surface area contributed by atoms with E-state index in [2.05, 4.69) is 189 Å². The van der Waals surface area contributed by atoms with Gasteiger partial charge in [0.1, 0.15) is 0 Å². The van der Waals surface area contributed by atoms with Crippen LogP contribution >= 0.6 is 11.3 Å². The normalized spacial score (nSPS) is 14.3. The molecule has 8 aromatic carbocycles. The number of fused-ring (bicyclic) bond motifs is 7. The fourth-order valence-corrected chi connectivity index (χ4v) is 9.84. The van der Waals surface area contributed by atoms with Crippen molar-refractivity contribution in [3.05, 3.63) is 210 Å². The molecule has 2 atom stereocenters. The zero-order valence-electron chi connectivity index (χ0n) is 31.5. The molecule has 1 heterocycles. The molecule has 3 N–H and O–H groups in total. The third-order valence-electron chi connectivity index (χ3n) is 11.8. The van der Waals surface area contributed by atoms with Crippen LogP contribution in [-0.2, 0) is 5.41 Å². The highest BCUT2D eigenvalue weighted by atomic mass is 32.1. The maximum absolute atomic E-state index is 6.78. The minimum absolute atomic E-state index is 0.0685. The number of nitrogens with two attached hydrogens (primary N) is 1. The molecule has 10 rings (SSSR count). The predicted molar refractivity (Wildman–Crippen MR) is 240 cm³/mol. The standard InChI is InChI=1S/C53H42N2S/c1-53(2)46-17-10-16-42(51(46)45-31-39-13-6-7-14-40(39)32-47(45)53)36-22-19-34(20-23-36)21-30-48(55-52(54)38-11-4-3-5-12-38)37-26-24-35(25-27-37)41-28-29-44-43-15-8-9-18-49(43)56-50(44)33-41/h3-33,48,52,55H,54H2,1-2H3/b30-21+. The largest absolute Gasteiger partial charge is 0.312 e. The van der Waals surface area contributed by atoms with Crippen molar-refractivity contribution in [1.82, 2.24) is 5.32 Å². The summed E-state index contributed by atoms with van der Waals surface area (Å²) in [5.74, 6) is 0. The van der Waals surface area contributed by atoms with Gasteiger partial charge in [-0.3, -0.25) is 5.32 Å². The summed E-state index contributed by atoms with van der Waals surface area (Å²) in [6.07, 6.45) is 4.12. The van der Waals surface area contributed by atoms with E-state index in [-0.39, 0.29) is 17.6 Å². The second-order valence-electron chi connectivity index (χ2n) is 15.5. The summed E-state index contributed by atoms with van der Waals surface area (Å²) in [4.78, 5) is 0. The smallest absolute Gasteiger partial charge is 0.0817 e. The molecule has 0 aliphatic heterocycles. The van der Waals surface area contributed by atoms with E-state index >= 15 is 0 Å². The lowest BCUT2D eigenvalue weighted by Crippen LogP contribution is -2.31. The molecule has 56 heavy (non-hydrogen) atoms. The second-order valence-corrected chi connectivity index (χ2v) is 16.6. The maximum Gasteiger partial charge on any atom is 0.0817 e. The highest BCUT2D eigenvalue weighted by Crippen LogP contribution is 2.53. The lowest BCUT2D eigenvalue weighted by Gasteiger charge is -2.22. The van der Waals surface area contributed by atoms with Gasteiger partial charge in [0.25, 0.3) is 0 Å². The molecule has 0 spiro atoms. The molecule has 1 aromatic heterocycles. The predicted octanol–water partition coefficient (Wildman–Crippen LogP) is 13.8. The Hall–Kier alpha value is -6.10. The van der Waals surface area contributed by atoms with Crippen LogP contribution in [0.3, 0.4) is 0 Å². The van der Waals surface area contributed by atoms with Gasteiger partial charge < -0.3 is 5.73 Å². The Morgan fingerprint density at radius 2 is 1.21 bits per heavy atom. The number of benzene rings is 8. The molecule has 2 unspecified atom stereocenters. The average molecular weight is 739 g/mol. The highest BCUT2D eigenvalue weighted by Gasteiger charge is 2.37. The SMILES string of the molecule is CC1(C)c2cc3ccccc3cc2-c2c(-c3ccc(/C=C/C(NC(N)c4ccccc4)c4ccc(-c5ccc6c(c5)sc5ccccc56)cc4)cc3)cccc21. The highest BCUT2D eigenvalue weighted by molar-refractivity contribution is 7.25. The summed E-state index contributed by atoms with van der Waals surface area (Å²) in [6, 6.07) is 63.9. The zero-order valence-corrected chi connectivity index (χ0v) is 32.4. The molecule has 0 saturated carbocycles. The number of thiophene rings is 1. The third-order valence-corrected chi connectivity index (χ3v) is 12.9. The average Bonchev–Trinajstić information content (AvgIpc) is 3.73. The summed E-state index contributed by atoms with van der Waals surface area (Å²) in [5, 5.41) is 8.93. The number of nitrogens with one attached hydrogen (secondary N) is 1. The molecule has 1 aliphatic carbocycles. The lowest BCUT2D eigenvalue weighted by molar-refractivity contribution is 0.509. The summed E-state index contributed by atoms with van der Waals surface area (Å²) in [7, 11) is 0. The topological polar surface area (TPSA) is 38.0 Å². The molecule has 2 nitrogen and oxygen atoms in total. The quantitative estimate of drug-likeness (QED) is 0.152. The monoisotopic (exact) mass is 738 g/mol. The van der Waals surface area contributed by atoms with E-state index in [0.717, 1.165) is 16.7 Å². The van der Waals surface area contributed by atoms with Crippen LogP contribution in [0.5, 0.6) is 0 Å². The van der Waals surface area contributed by atoms with Crippen LogP contribution < -0.4 is 11.1 Å². The van der Waals surface area contributed by atoms with Gasteiger partial charge in [0.15, 0.2) is 0 Å². The van der Waals surface area contributed by atoms with Gasteiger partial charge in [0.2, 0.25) is 0 Å². The first-order valence-corrected chi connectivity index (χ1v) is 20.3. The molecule has 3 heteroatoms. The van der Waals surface area contributed by atoms with Crippen molar-refractivity contribution in [1.29, 1.82) is 0 Å². The van der Waals surface area contributed by atoms with E-state index in [1.807, 2.05) is 29.5 Å². The van der Waals surface area contributed by atoms with Crippen molar-refractivity contribution in [3.63, 3.8) is 0 Å². The fourth-order valence-electron chi connectivity index (χ4n) is 8.70. The van der Waals surface area contributed by atoms with Crippen molar-refractivity contribution in [3.8, 4) is 33.4 Å². The fraction of sp³-hybridized carbons (Fsp3) is 0.0943. The van der Waals surface area contributed by atoms with Crippen LogP contribution in [0.1, 0.15) is 53.9 Å². The minimum atomic E-state index is -0.326. The Balaban J connectivity index is 0.953. The first-order valence-electron chi connectivity index (χ1n) is 19.4. The van der Waals surface area contributed by atoms with E-state index in [1.165, 1.54) is 75.5 Å². The molecule has 0 amide bonds. The van der Waals surface area contributed by atoms with Crippen molar-refractivity contribution in [2.75, 3.05) is 0 Å². The van der Waals surface area contributed by atoms with E-state index in [0.29, 0.717) is 0 Å². The van der Waals surface area contributed by atoms with Gasteiger partial charge in [-0.1, -0.05) is 178 Å². The summed E-state index contributed by atoms with van der Waals surface area (Å²) < 4.78 is 2.64. The number of rotatable bonds is 8. The summed E-state index contributed by atoms with van der Waals surface area (Å²) in [6.45, 7) is 4.72. The lowest BCUT2D eigenvalue weighted by atomic mass is 9.81. The molecule has 0 fully saturated rings. The number of hydrogen-bond acceptors (Lipinski definition) is 3. The molecule has 9 aromatic rings. The molecular weight excluding hydrogens is 697 g/mol. The van der Waals surface area contributed by atoms with Gasteiger partial charge in [0.05, 0.1) is 12.2 Å². The van der Waals surface area contributed by atoms with E-state index in [1.54, 1.807) is 0 Å². The molecule has 0 radical (unpaired) electrons. The number of hydrogen-bond donors (Lipinski definition) is 2. The summed E-state index contributed by atoms with van der Waals surface area (Å²) >= 11 is 1.86. The van der Waals surface area contributed by atoms with Crippen molar-refractivity contribution in [2.45, 2.75) is 31.5 Å². The van der Waals surface area contributed by atoms with Gasteiger partial charge in [-0.2, -0.15) is 0 Å². The Bertz CT molecular complexity index is 2920. The van der Waals surface area contributed by atoms with Crippen molar-refractivity contribution in [2.24, 2.45) is 5.73 Å². The Morgan fingerprint density at radius 3 is 2.02 bits per heavy atom. The molecular formula is C53H42N2S.